The summed E-state index contributed by atoms with van der Waals surface area (Å²) in [5.74, 6) is 1.96. The van der Waals surface area contributed by atoms with E-state index in [-0.39, 0.29) is 0 Å². The van der Waals surface area contributed by atoms with E-state index in [9.17, 15) is 0 Å². The number of aryl methyl sites for hydroxylation is 1. The van der Waals surface area contributed by atoms with Gasteiger partial charge in [-0.1, -0.05) is 18.2 Å². The molecule has 0 aliphatic heterocycles. The zero-order chi connectivity index (χ0) is 13.2. The summed E-state index contributed by atoms with van der Waals surface area (Å²) < 4.78 is 5.81. The molecule has 0 atom stereocenters. The number of aromatic nitrogens is 1. The normalized spacial score (nSPS) is 11.3. The summed E-state index contributed by atoms with van der Waals surface area (Å²) in [6, 6.07) is 12.4. The van der Waals surface area contributed by atoms with Crippen LogP contribution >= 0.6 is 0 Å². The summed E-state index contributed by atoms with van der Waals surface area (Å²) in [7, 11) is 0. The van der Waals surface area contributed by atoms with Gasteiger partial charge >= 0.3 is 0 Å². The molecule has 0 aliphatic carbocycles. The molecule has 0 amide bonds. The average molecular weight is 254 g/mol. The van der Waals surface area contributed by atoms with E-state index in [1.165, 1.54) is 22.2 Å². The van der Waals surface area contributed by atoms with Crippen LogP contribution in [0.4, 0.5) is 0 Å². The van der Waals surface area contributed by atoms with E-state index in [2.05, 4.69) is 30.1 Å². The number of hydrogen-bond donors (Lipinski definition) is 2. The van der Waals surface area contributed by atoms with Gasteiger partial charge in [0.15, 0.2) is 0 Å². The molecule has 0 aliphatic rings. The van der Waals surface area contributed by atoms with Crippen LogP contribution in [0, 0.1) is 6.92 Å². The van der Waals surface area contributed by atoms with Gasteiger partial charge in [-0.05, 0) is 37.2 Å². The number of benzene rings is 1. The molecule has 0 saturated carbocycles. The SMILES string of the molecule is Cc1[nH]c2ccccc2c1Cc1ccc(CCN)o1. The third-order valence-corrected chi connectivity index (χ3v) is 3.49. The lowest BCUT2D eigenvalue weighted by Crippen LogP contribution is -2.01. The van der Waals surface area contributed by atoms with Crippen LogP contribution in [-0.4, -0.2) is 11.5 Å². The number of furan rings is 1. The van der Waals surface area contributed by atoms with Gasteiger partial charge in [0.2, 0.25) is 0 Å². The molecule has 1 aromatic carbocycles. The highest BCUT2D eigenvalue weighted by Gasteiger charge is 2.10. The van der Waals surface area contributed by atoms with Crippen LogP contribution in [-0.2, 0) is 12.8 Å². The van der Waals surface area contributed by atoms with Crippen molar-refractivity contribution in [1.29, 1.82) is 0 Å². The molecule has 3 nitrogen and oxygen atoms in total. The summed E-state index contributed by atoms with van der Waals surface area (Å²) in [5.41, 5.74) is 9.24. The number of rotatable bonds is 4. The fraction of sp³-hybridized carbons (Fsp3) is 0.250. The minimum absolute atomic E-state index is 0.624. The first kappa shape index (κ1) is 12.1. The van der Waals surface area contributed by atoms with Gasteiger partial charge in [-0.15, -0.1) is 0 Å². The Morgan fingerprint density at radius 1 is 1.11 bits per heavy atom. The Kier molecular flexibility index (Phi) is 3.13. The number of fused-ring (bicyclic) bond motifs is 1. The summed E-state index contributed by atoms with van der Waals surface area (Å²) in [4.78, 5) is 3.42. The Hall–Kier alpha value is -2.00. The highest BCUT2D eigenvalue weighted by Crippen LogP contribution is 2.25. The van der Waals surface area contributed by atoms with Crippen LogP contribution in [0.1, 0.15) is 22.8 Å². The minimum atomic E-state index is 0.624. The molecular weight excluding hydrogens is 236 g/mol. The van der Waals surface area contributed by atoms with Gasteiger partial charge in [0.05, 0.1) is 0 Å². The smallest absolute Gasteiger partial charge is 0.108 e. The molecule has 0 spiro atoms. The van der Waals surface area contributed by atoms with Crippen molar-refractivity contribution in [2.45, 2.75) is 19.8 Å². The first-order chi connectivity index (χ1) is 9.28. The molecular formula is C16H18N2O. The van der Waals surface area contributed by atoms with E-state index in [4.69, 9.17) is 10.2 Å². The Labute approximate surface area is 112 Å². The minimum Gasteiger partial charge on any atom is -0.466 e. The van der Waals surface area contributed by atoms with Crippen molar-refractivity contribution >= 4 is 10.9 Å². The molecule has 0 unspecified atom stereocenters. The van der Waals surface area contributed by atoms with E-state index >= 15 is 0 Å². The molecule has 2 aromatic heterocycles. The Morgan fingerprint density at radius 2 is 1.89 bits per heavy atom. The first-order valence-corrected chi connectivity index (χ1v) is 6.62. The van der Waals surface area contributed by atoms with Crippen LogP contribution in [0.15, 0.2) is 40.8 Å². The van der Waals surface area contributed by atoms with Gasteiger partial charge < -0.3 is 15.1 Å². The third-order valence-electron chi connectivity index (χ3n) is 3.49. The summed E-state index contributed by atoms with van der Waals surface area (Å²) in [6.07, 6.45) is 1.62. The van der Waals surface area contributed by atoms with Crippen molar-refractivity contribution in [2.75, 3.05) is 6.54 Å². The molecule has 0 bridgehead atoms. The number of H-pyrrole nitrogens is 1. The number of aromatic amines is 1. The third kappa shape index (κ3) is 2.29. The van der Waals surface area contributed by atoms with Crippen molar-refractivity contribution in [3.05, 3.63) is 59.2 Å². The van der Waals surface area contributed by atoms with Gasteiger partial charge in [0.1, 0.15) is 11.5 Å². The van der Waals surface area contributed by atoms with Crippen LogP contribution in [0.25, 0.3) is 10.9 Å². The molecule has 0 saturated heterocycles. The van der Waals surface area contributed by atoms with Crippen molar-refractivity contribution in [3.8, 4) is 0 Å². The second kappa shape index (κ2) is 4.94. The highest BCUT2D eigenvalue weighted by atomic mass is 16.3. The van der Waals surface area contributed by atoms with E-state index < -0.39 is 0 Å². The molecule has 3 heteroatoms. The number of nitrogens with two attached hydrogens (primary N) is 1. The lowest BCUT2D eigenvalue weighted by Gasteiger charge is -1.99. The Bertz CT molecular complexity index is 694. The van der Waals surface area contributed by atoms with E-state index in [1.807, 2.05) is 18.2 Å². The fourth-order valence-electron chi connectivity index (χ4n) is 2.53. The molecule has 3 aromatic rings. The lowest BCUT2D eigenvalue weighted by molar-refractivity contribution is 0.474. The molecule has 3 rings (SSSR count). The second-order valence-corrected chi connectivity index (χ2v) is 4.86. The number of nitrogens with one attached hydrogen (secondary N) is 1. The van der Waals surface area contributed by atoms with Gasteiger partial charge in [-0.3, -0.25) is 0 Å². The number of para-hydroxylation sites is 1. The maximum atomic E-state index is 5.81. The zero-order valence-corrected chi connectivity index (χ0v) is 11.1. The predicted molar refractivity (Wildman–Crippen MR) is 77.3 cm³/mol. The van der Waals surface area contributed by atoms with Gasteiger partial charge in [-0.25, -0.2) is 0 Å². The molecule has 2 heterocycles. The molecule has 0 radical (unpaired) electrons. The average Bonchev–Trinajstić information content (AvgIpc) is 2.96. The molecule has 3 N–H and O–H groups in total. The zero-order valence-electron chi connectivity index (χ0n) is 11.1. The van der Waals surface area contributed by atoms with E-state index in [1.54, 1.807) is 0 Å². The topological polar surface area (TPSA) is 55.0 Å². The van der Waals surface area contributed by atoms with Gasteiger partial charge in [0.25, 0.3) is 0 Å². The van der Waals surface area contributed by atoms with Crippen molar-refractivity contribution in [1.82, 2.24) is 4.98 Å². The molecule has 0 fully saturated rings. The standard InChI is InChI=1S/C16H18N2O/c1-11-15(14-4-2-3-5-16(14)18-11)10-13-7-6-12(19-13)8-9-17/h2-7,18H,8-10,17H2,1H3. The lowest BCUT2D eigenvalue weighted by atomic mass is 10.1. The van der Waals surface area contributed by atoms with Crippen LogP contribution in [0.3, 0.4) is 0 Å². The van der Waals surface area contributed by atoms with Crippen molar-refractivity contribution in [2.24, 2.45) is 5.73 Å². The predicted octanol–water partition coefficient (Wildman–Crippen LogP) is 3.16. The van der Waals surface area contributed by atoms with E-state index in [0.29, 0.717) is 6.54 Å². The Morgan fingerprint density at radius 3 is 2.74 bits per heavy atom. The van der Waals surface area contributed by atoms with Gasteiger partial charge in [0, 0.05) is 29.4 Å². The number of hydrogen-bond acceptors (Lipinski definition) is 2. The molecule has 98 valence electrons. The highest BCUT2D eigenvalue weighted by molar-refractivity contribution is 5.84. The van der Waals surface area contributed by atoms with E-state index in [0.717, 1.165) is 24.4 Å². The summed E-state index contributed by atoms with van der Waals surface area (Å²) >= 11 is 0. The monoisotopic (exact) mass is 254 g/mol. The first-order valence-electron chi connectivity index (χ1n) is 6.62. The maximum absolute atomic E-state index is 5.81. The van der Waals surface area contributed by atoms with Crippen LogP contribution in [0.2, 0.25) is 0 Å². The van der Waals surface area contributed by atoms with Gasteiger partial charge in [-0.2, -0.15) is 0 Å². The summed E-state index contributed by atoms with van der Waals surface area (Å²) in [6.45, 7) is 2.73. The van der Waals surface area contributed by atoms with Crippen LogP contribution in [0.5, 0.6) is 0 Å². The fourth-order valence-corrected chi connectivity index (χ4v) is 2.53. The largest absolute Gasteiger partial charge is 0.466 e. The second-order valence-electron chi connectivity index (χ2n) is 4.86. The van der Waals surface area contributed by atoms with Crippen molar-refractivity contribution in [3.63, 3.8) is 0 Å². The van der Waals surface area contributed by atoms with Crippen LogP contribution < -0.4 is 5.73 Å². The van der Waals surface area contributed by atoms with Crippen molar-refractivity contribution < 1.29 is 4.42 Å². The quantitative estimate of drug-likeness (QED) is 0.751. The molecule has 19 heavy (non-hydrogen) atoms. The summed E-state index contributed by atoms with van der Waals surface area (Å²) in [5, 5.41) is 1.27. The maximum Gasteiger partial charge on any atom is 0.108 e. The Balaban J connectivity index is 1.93.